The molecule has 0 aliphatic carbocycles. The summed E-state index contributed by atoms with van der Waals surface area (Å²) < 4.78 is 38.3. The minimum Gasteiger partial charge on any atom is -0.255 e. The van der Waals surface area contributed by atoms with Crippen LogP contribution in [0.1, 0.15) is 11.3 Å². The van der Waals surface area contributed by atoms with E-state index in [-0.39, 0.29) is 11.4 Å². The number of hydrogen-bond donors (Lipinski definition) is 0. The third-order valence-electron chi connectivity index (χ3n) is 3.66. The number of rotatable bonds is 6. The molecule has 1 heterocycles. The van der Waals surface area contributed by atoms with Gasteiger partial charge in [-0.25, -0.2) is 13.4 Å². The Morgan fingerprint density at radius 1 is 1.32 bits per heavy atom. The second-order valence-electron chi connectivity index (χ2n) is 5.59. The zero-order valence-corrected chi connectivity index (χ0v) is 16.6. The van der Waals surface area contributed by atoms with Gasteiger partial charge in [0.2, 0.25) is 10.0 Å². The number of halogens is 1. The Kier molecular flexibility index (Phi) is 6.16. The molecule has 0 spiro atoms. The molecule has 2 rings (SSSR count). The normalized spacial score (nSPS) is 13.0. The maximum atomic E-state index is 12.8. The summed E-state index contributed by atoms with van der Waals surface area (Å²) in [5.74, 6) is 0. The molecule has 1 aromatic carbocycles. The molecule has 5 nitrogen and oxygen atoms in total. The molecule has 0 bridgehead atoms. The fourth-order valence-corrected chi connectivity index (χ4v) is 4.51. The largest absolute Gasteiger partial charge is 0.255 e. The summed E-state index contributed by atoms with van der Waals surface area (Å²) in [6.07, 6.45) is 1.56. The first-order chi connectivity index (χ1) is 11.6. The second-order valence-corrected chi connectivity index (χ2v) is 9.37. The summed E-state index contributed by atoms with van der Waals surface area (Å²) in [5.41, 5.74) is 1.75. The first-order valence-corrected chi connectivity index (χ1v) is 10.7. The van der Waals surface area contributed by atoms with Gasteiger partial charge in [-0.05, 0) is 48.4 Å². The molecule has 0 radical (unpaired) electrons. The number of aryl methyl sites for hydroxylation is 1. The number of benzene rings is 1. The zero-order valence-electron chi connectivity index (χ0n) is 14.2. The van der Waals surface area contributed by atoms with Crippen molar-refractivity contribution >= 4 is 38.0 Å². The maximum Gasteiger partial charge on any atom is 0.243 e. The van der Waals surface area contributed by atoms with Crippen LogP contribution in [0.3, 0.4) is 0 Å². The lowest BCUT2D eigenvalue weighted by Gasteiger charge is -2.19. The molecule has 8 heteroatoms. The van der Waals surface area contributed by atoms with E-state index in [9.17, 15) is 12.6 Å². The Morgan fingerprint density at radius 3 is 2.56 bits per heavy atom. The minimum absolute atomic E-state index is 0.0795. The molecule has 1 unspecified atom stereocenters. The van der Waals surface area contributed by atoms with Crippen LogP contribution in [0, 0.1) is 6.92 Å². The van der Waals surface area contributed by atoms with Crippen LogP contribution >= 0.6 is 11.6 Å². The molecule has 2 aromatic rings. The molecule has 25 heavy (non-hydrogen) atoms. The quantitative estimate of drug-likeness (QED) is 0.701. The smallest absolute Gasteiger partial charge is 0.243 e. The van der Waals surface area contributed by atoms with Gasteiger partial charge in [-0.2, -0.15) is 4.31 Å². The molecule has 0 fully saturated rings. The molecule has 0 aliphatic rings. The van der Waals surface area contributed by atoms with E-state index in [1.807, 2.05) is 0 Å². The van der Waals surface area contributed by atoms with Crippen LogP contribution < -0.4 is 0 Å². The van der Waals surface area contributed by atoms with E-state index in [4.69, 9.17) is 11.6 Å². The van der Waals surface area contributed by atoms with Crippen molar-refractivity contribution in [3.05, 3.63) is 59.4 Å². The highest BCUT2D eigenvalue weighted by Gasteiger charge is 2.23. The fourth-order valence-electron chi connectivity index (χ4n) is 2.32. The van der Waals surface area contributed by atoms with Gasteiger partial charge in [-0.15, -0.1) is 0 Å². The van der Waals surface area contributed by atoms with Gasteiger partial charge in [0.15, 0.2) is 0 Å². The molecule has 0 amide bonds. The molecule has 1 aromatic heterocycles. The lowest BCUT2D eigenvalue weighted by Crippen LogP contribution is -2.28. The number of aromatic nitrogens is 1. The Morgan fingerprint density at radius 2 is 2.00 bits per heavy atom. The third-order valence-corrected chi connectivity index (χ3v) is 6.74. The van der Waals surface area contributed by atoms with Crippen molar-refractivity contribution in [2.45, 2.75) is 16.7 Å². The molecule has 1 atom stereocenters. The zero-order chi connectivity index (χ0) is 18.8. The van der Waals surface area contributed by atoms with Crippen molar-refractivity contribution in [3.63, 3.8) is 0 Å². The predicted molar refractivity (Wildman–Crippen MR) is 102 cm³/mol. The van der Waals surface area contributed by atoms with Crippen LogP contribution in [-0.2, 0) is 20.8 Å². The maximum absolute atomic E-state index is 12.8. The monoisotopic (exact) mass is 398 g/mol. The van der Waals surface area contributed by atoms with Crippen molar-refractivity contribution in [1.29, 1.82) is 0 Å². The Balaban J connectivity index is 2.25. The Hall–Kier alpha value is -1.54. The van der Waals surface area contributed by atoms with Crippen LogP contribution in [0.2, 0.25) is 5.15 Å². The SMILES string of the molecule is C=C(CN(C)S(=O)(=O)c1ccc(S(C)=O)c(C)c1)c1cccc(Cl)n1. The topological polar surface area (TPSA) is 67.3 Å². The highest BCUT2D eigenvalue weighted by atomic mass is 35.5. The van der Waals surface area contributed by atoms with E-state index in [0.29, 0.717) is 26.9 Å². The minimum atomic E-state index is -3.70. The highest BCUT2D eigenvalue weighted by Crippen LogP contribution is 2.22. The van der Waals surface area contributed by atoms with Gasteiger partial charge in [0, 0.05) is 24.7 Å². The van der Waals surface area contributed by atoms with Crippen molar-refractivity contribution in [3.8, 4) is 0 Å². The lowest BCUT2D eigenvalue weighted by molar-refractivity contribution is 0.502. The molecule has 0 saturated heterocycles. The van der Waals surface area contributed by atoms with Crippen molar-refractivity contribution < 1.29 is 12.6 Å². The number of likely N-dealkylation sites (N-methyl/N-ethyl adjacent to an activating group) is 1. The summed E-state index contributed by atoms with van der Waals surface area (Å²) in [4.78, 5) is 4.90. The summed E-state index contributed by atoms with van der Waals surface area (Å²) in [5, 5.41) is 0.322. The Labute approximate surface area is 155 Å². The van der Waals surface area contributed by atoms with Crippen molar-refractivity contribution in [2.24, 2.45) is 0 Å². The summed E-state index contributed by atoms with van der Waals surface area (Å²) in [6.45, 7) is 5.72. The number of pyridine rings is 1. The van der Waals surface area contributed by atoms with E-state index < -0.39 is 20.8 Å². The fraction of sp³-hybridized carbons (Fsp3) is 0.235. The van der Waals surface area contributed by atoms with Crippen LogP contribution in [0.25, 0.3) is 5.57 Å². The first-order valence-electron chi connectivity index (χ1n) is 7.34. The van der Waals surface area contributed by atoms with Crippen molar-refractivity contribution in [1.82, 2.24) is 9.29 Å². The summed E-state index contributed by atoms with van der Waals surface area (Å²) in [6, 6.07) is 9.68. The summed E-state index contributed by atoms with van der Waals surface area (Å²) >= 11 is 5.86. The van der Waals surface area contributed by atoms with Crippen LogP contribution in [-0.4, -0.2) is 41.8 Å². The van der Waals surface area contributed by atoms with E-state index in [1.54, 1.807) is 37.4 Å². The van der Waals surface area contributed by atoms with Crippen LogP contribution in [0.15, 0.2) is 52.8 Å². The van der Waals surface area contributed by atoms with Gasteiger partial charge in [0.05, 0.1) is 21.4 Å². The van der Waals surface area contributed by atoms with E-state index >= 15 is 0 Å². The van der Waals surface area contributed by atoms with Crippen LogP contribution in [0.5, 0.6) is 0 Å². The van der Waals surface area contributed by atoms with E-state index in [1.165, 1.54) is 23.5 Å². The Bertz CT molecular complexity index is 943. The van der Waals surface area contributed by atoms with Gasteiger partial charge in [-0.1, -0.05) is 24.2 Å². The summed E-state index contributed by atoms with van der Waals surface area (Å²) in [7, 11) is -3.39. The molecular formula is C17H19ClN2O3S2. The average molecular weight is 399 g/mol. The van der Waals surface area contributed by atoms with Gasteiger partial charge in [-0.3, -0.25) is 4.21 Å². The molecule has 0 saturated carbocycles. The van der Waals surface area contributed by atoms with Gasteiger partial charge in [0.25, 0.3) is 0 Å². The van der Waals surface area contributed by atoms with E-state index in [2.05, 4.69) is 11.6 Å². The standard InChI is InChI=1S/C17H19ClN2O3S2/c1-12-10-14(8-9-16(12)24(4)21)25(22,23)20(3)11-13(2)15-6-5-7-17(18)19-15/h5-10H,2,11H2,1,3-4H3. The third kappa shape index (κ3) is 4.55. The molecule has 134 valence electrons. The van der Waals surface area contributed by atoms with Gasteiger partial charge < -0.3 is 0 Å². The van der Waals surface area contributed by atoms with Crippen molar-refractivity contribution in [2.75, 3.05) is 19.8 Å². The number of sulfonamides is 1. The molecule has 0 N–H and O–H groups in total. The molecule has 0 aliphatic heterocycles. The lowest BCUT2D eigenvalue weighted by atomic mass is 10.2. The van der Waals surface area contributed by atoms with Gasteiger partial charge in [0.1, 0.15) is 5.15 Å². The van der Waals surface area contributed by atoms with Crippen LogP contribution in [0.4, 0.5) is 0 Å². The average Bonchev–Trinajstić information content (AvgIpc) is 2.54. The highest BCUT2D eigenvalue weighted by molar-refractivity contribution is 7.89. The first kappa shape index (κ1) is 19.8. The predicted octanol–water partition coefficient (Wildman–Crippen LogP) is 3.11. The molecular weight excluding hydrogens is 380 g/mol. The van der Waals surface area contributed by atoms with E-state index in [0.717, 1.165) is 0 Å². The number of hydrogen-bond acceptors (Lipinski definition) is 4. The number of nitrogens with zero attached hydrogens (tertiary/aromatic N) is 2. The van der Waals surface area contributed by atoms with Gasteiger partial charge >= 0.3 is 0 Å². The second kappa shape index (κ2) is 7.78.